The van der Waals surface area contributed by atoms with Crippen molar-refractivity contribution in [3.63, 3.8) is 0 Å². The number of hydrogen-bond acceptors (Lipinski definition) is 5. The number of aliphatic hydroxyl groups is 1. The van der Waals surface area contributed by atoms with Gasteiger partial charge < -0.3 is 20.1 Å². The Kier molecular flexibility index (Phi) is 5.76. The molecule has 0 spiro atoms. The third-order valence-electron chi connectivity index (χ3n) is 4.98. The Hall–Kier alpha value is -2.45. The zero-order valence-electron chi connectivity index (χ0n) is 15.8. The molecule has 0 aliphatic carbocycles. The second kappa shape index (κ2) is 8.06. The summed E-state index contributed by atoms with van der Waals surface area (Å²) in [6, 6.07) is 5.58. The molecule has 8 heteroatoms. The first kappa shape index (κ1) is 19.3. The first-order valence-electron chi connectivity index (χ1n) is 9.12. The molecule has 0 bridgehead atoms. The summed E-state index contributed by atoms with van der Waals surface area (Å²) in [5.41, 5.74) is 0.636. The van der Waals surface area contributed by atoms with Crippen molar-refractivity contribution in [3.8, 4) is 0 Å². The highest BCUT2D eigenvalue weighted by molar-refractivity contribution is 5.92. The van der Waals surface area contributed by atoms with Crippen LogP contribution in [0.2, 0.25) is 0 Å². The Labute approximate surface area is 158 Å². The van der Waals surface area contributed by atoms with Gasteiger partial charge in [-0.3, -0.25) is 14.3 Å². The van der Waals surface area contributed by atoms with E-state index in [1.54, 1.807) is 22.9 Å². The highest BCUT2D eigenvalue weighted by Crippen LogP contribution is 2.27. The number of carbonyl (C=O) groups is 2. The number of likely N-dealkylation sites (tertiary alicyclic amines) is 1. The molecule has 2 N–H and O–H groups in total. The molecule has 2 heterocycles. The molecule has 0 saturated carbocycles. The van der Waals surface area contributed by atoms with E-state index in [-0.39, 0.29) is 11.8 Å². The molecule has 0 atom stereocenters. The third-order valence-corrected chi connectivity index (χ3v) is 4.98. The number of amides is 2. The number of fused-ring (bicyclic) bond motifs is 1. The number of methoxy groups -OCH3 is 1. The molecule has 1 fully saturated rings. The summed E-state index contributed by atoms with van der Waals surface area (Å²) in [6.45, 7) is 3.27. The SMILES string of the molecule is COCCC(=O)N1CCC(O)(Cn2ncc3ccc(NC(C)=O)cc32)CC1. The van der Waals surface area contributed by atoms with Crippen LogP contribution >= 0.6 is 0 Å². The van der Waals surface area contributed by atoms with E-state index >= 15 is 0 Å². The molecule has 1 aliphatic heterocycles. The standard InChI is InChI=1S/C19H26N4O4/c1-14(24)21-16-4-3-15-12-20-23(17(15)11-16)13-19(26)6-8-22(9-7-19)18(25)5-10-27-2/h3-4,11-12,26H,5-10,13H2,1-2H3,(H,21,24). The summed E-state index contributed by atoms with van der Waals surface area (Å²) in [5, 5.41) is 19.1. The largest absolute Gasteiger partial charge is 0.388 e. The fraction of sp³-hybridized carbons (Fsp3) is 0.526. The van der Waals surface area contributed by atoms with Crippen molar-refractivity contribution in [2.45, 2.75) is 38.3 Å². The summed E-state index contributed by atoms with van der Waals surface area (Å²) in [7, 11) is 1.58. The van der Waals surface area contributed by atoms with Gasteiger partial charge in [-0.2, -0.15) is 5.10 Å². The van der Waals surface area contributed by atoms with Gasteiger partial charge in [-0.1, -0.05) is 0 Å². The lowest BCUT2D eigenvalue weighted by atomic mass is 9.91. The fourth-order valence-electron chi connectivity index (χ4n) is 3.43. The lowest BCUT2D eigenvalue weighted by Crippen LogP contribution is -2.48. The lowest BCUT2D eigenvalue weighted by molar-refractivity contribution is -0.136. The van der Waals surface area contributed by atoms with Crippen molar-refractivity contribution in [2.24, 2.45) is 0 Å². The molecule has 1 aromatic heterocycles. The van der Waals surface area contributed by atoms with Gasteiger partial charge in [0.05, 0.1) is 36.9 Å². The van der Waals surface area contributed by atoms with Crippen LogP contribution in [0.1, 0.15) is 26.2 Å². The fourth-order valence-corrected chi connectivity index (χ4v) is 3.43. The average molecular weight is 374 g/mol. The average Bonchev–Trinajstić information content (AvgIpc) is 3.01. The van der Waals surface area contributed by atoms with Crippen LogP contribution in [0.5, 0.6) is 0 Å². The van der Waals surface area contributed by atoms with Gasteiger partial charge in [-0.15, -0.1) is 0 Å². The van der Waals surface area contributed by atoms with E-state index in [4.69, 9.17) is 4.74 Å². The van der Waals surface area contributed by atoms with Crippen molar-refractivity contribution in [1.29, 1.82) is 0 Å². The molecular weight excluding hydrogens is 348 g/mol. The Morgan fingerprint density at radius 2 is 2.07 bits per heavy atom. The maximum atomic E-state index is 12.1. The minimum Gasteiger partial charge on any atom is -0.388 e. The van der Waals surface area contributed by atoms with E-state index in [0.717, 1.165) is 10.9 Å². The second-order valence-electron chi connectivity index (χ2n) is 7.10. The molecular formula is C19H26N4O4. The van der Waals surface area contributed by atoms with Crippen LogP contribution < -0.4 is 5.32 Å². The van der Waals surface area contributed by atoms with E-state index in [2.05, 4.69) is 10.4 Å². The van der Waals surface area contributed by atoms with Crippen LogP contribution in [0.25, 0.3) is 10.9 Å². The summed E-state index contributed by atoms with van der Waals surface area (Å²) < 4.78 is 6.72. The second-order valence-corrected chi connectivity index (χ2v) is 7.10. The number of anilines is 1. The van der Waals surface area contributed by atoms with Crippen molar-refractivity contribution in [3.05, 3.63) is 24.4 Å². The Morgan fingerprint density at radius 1 is 1.33 bits per heavy atom. The van der Waals surface area contributed by atoms with Crippen LogP contribution in [0.3, 0.4) is 0 Å². The van der Waals surface area contributed by atoms with E-state index in [9.17, 15) is 14.7 Å². The van der Waals surface area contributed by atoms with Crippen LogP contribution in [-0.4, -0.2) is 64.0 Å². The molecule has 146 valence electrons. The minimum absolute atomic E-state index is 0.0587. The van der Waals surface area contributed by atoms with Gasteiger partial charge in [0.15, 0.2) is 0 Å². The van der Waals surface area contributed by atoms with Crippen LogP contribution in [0.4, 0.5) is 5.69 Å². The summed E-state index contributed by atoms with van der Waals surface area (Å²) in [6.07, 6.45) is 3.11. The van der Waals surface area contributed by atoms with Crippen LogP contribution in [-0.2, 0) is 20.9 Å². The molecule has 0 radical (unpaired) electrons. The molecule has 1 saturated heterocycles. The first-order valence-corrected chi connectivity index (χ1v) is 9.12. The predicted octanol–water partition coefficient (Wildman–Crippen LogP) is 1.38. The van der Waals surface area contributed by atoms with Crippen LogP contribution in [0, 0.1) is 0 Å². The number of hydrogen-bond donors (Lipinski definition) is 2. The van der Waals surface area contributed by atoms with Gasteiger partial charge in [-0.25, -0.2) is 0 Å². The lowest BCUT2D eigenvalue weighted by Gasteiger charge is -2.38. The normalized spacial score (nSPS) is 16.5. The van der Waals surface area contributed by atoms with Crippen molar-refractivity contribution < 1.29 is 19.4 Å². The number of piperidine rings is 1. The number of nitrogens with zero attached hydrogens (tertiary/aromatic N) is 3. The Balaban J connectivity index is 1.68. The predicted molar refractivity (Wildman–Crippen MR) is 101 cm³/mol. The molecule has 1 aromatic carbocycles. The zero-order valence-corrected chi connectivity index (χ0v) is 15.8. The summed E-state index contributed by atoms with van der Waals surface area (Å²) >= 11 is 0. The van der Waals surface area contributed by atoms with Crippen molar-refractivity contribution in [1.82, 2.24) is 14.7 Å². The van der Waals surface area contributed by atoms with E-state index in [1.807, 2.05) is 18.2 Å². The molecule has 2 amide bonds. The topological polar surface area (TPSA) is 96.7 Å². The van der Waals surface area contributed by atoms with Gasteiger partial charge in [-0.05, 0) is 31.0 Å². The number of carbonyl (C=O) groups excluding carboxylic acids is 2. The highest BCUT2D eigenvalue weighted by atomic mass is 16.5. The van der Waals surface area contributed by atoms with E-state index < -0.39 is 5.60 Å². The van der Waals surface area contributed by atoms with Gasteiger partial charge in [0, 0.05) is 38.2 Å². The van der Waals surface area contributed by atoms with Crippen molar-refractivity contribution >= 4 is 28.4 Å². The third kappa shape index (κ3) is 4.64. The van der Waals surface area contributed by atoms with E-state index in [0.29, 0.717) is 51.2 Å². The number of rotatable bonds is 6. The van der Waals surface area contributed by atoms with Gasteiger partial charge in [0.25, 0.3) is 0 Å². The summed E-state index contributed by atoms with van der Waals surface area (Å²) in [4.78, 5) is 25.2. The molecule has 27 heavy (non-hydrogen) atoms. The quantitative estimate of drug-likeness (QED) is 0.796. The Bertz CT molecular complexity index is 824. The highest BCUT2D eigenvalue weighted by Gasteiger charge is 2.34. The number of nitrogens with one attached hydrogen (secondary N) is 1. The molecule has 0 unspecified atom stereocenters. The first-order chi connectivity index (χ1) is 12.9. The number of benzene rings is 1. The van der Waals surface area contributed by atoms with Gasteiger partial charge in [0.1, 0.15) is 0 Å². The molecule has 2 aromatic rings. The smallest absolute Gasteiger partial charge is 0.224 e. The molecule has 3 rings (SSSR count). The maximum absolute atomic E-state index is 12.1. The number of ether oxygens (including phenoxy) is 1. The summed E-state index contributed by atoms with van der Waals surface area (Å²) in [5.74, 6) is -0.0760. The zero-order chi connectivity index (χ0) is 19.4. The Morgan fingerprint density at radius 3 is 2.74 bits per heavy atom. The molecule has 1 aliphatic rings. The van der Waals surface area contributed by atoms with Crippen molar-refractivity contribution in [2.75, 3.05) is 32.1 Å². The molecule has 8 nitrogen and oxygen atoms in total. The van der Waals surface area contributed by atoms with Gasteiger partial charge >= 0.3 is 0 Å². The van der Waals surface area contributed by atoms with E-state index in [1.165, 1.54) is 6.92 Å². The minimum atomic E-state index is -0.916. The number of aromatic nitrogens is 2. The van der Waals surface area contributed by atoms with Crippen LogP contribution in [0.15, 0.2) is 24.4 Å². The van der Waals surface area contributed by atoms with Gasteiger partial charge in [0.2, 0.25) is 11.8 Å². The maximum Gasteiger partial charge on any atom is 0.224 e. The monoisotopic (exact) mass is 374 g/mol.